The molecule has 0 saturated carbocycles. The van der Waals surface area contributed by atoms with Gasteiger partial charge < -0.3 is 15.9 Å². The summed E-state index contributed by atoms with van der Waals surface area (Å²) in [6.07, 6.45) is 0. The second kappa shape index (κ2) is 7.24. The Bertz CT molecular complexity index is 656. The van der Waals surface area contributed by atoms with E-state index in [-0.39, 0.29) is 18.3 Å². The number of nitrogens with one attached hydrogen (secondary N) is 1. The summed E-state index contributed by atoms with van der Waals surface area (Å²) in [7, 11) is 0. The lowest BCUT2D eigenvalue weighted by atomic mass is 10.2. The maximum atomic E-state index is 11.8. The topological polar surface area (TPSA) is 76.7 Å². The van der Waals surface area contributed by atoms with E-state index in [1.54, 1.807) is 0 Å². The largest absolute Gasteiger partial charge is 0.384 e. The Balaban J connectivity index is 1.86. The molecule has 0 spiro atoms. The summed E-state index contributed by atoms with van der Waals surface area (Å²) in [5, 5.41) is 8.36. The van der Waals surface area contributed by atoms with Crippen molar-refractivity contribution in [3.8, 4) is 0 Å². The number of carbonyl (C=O) groups excluding carboxylic acids is 1. The van der Waals surface area contributed by atoms with Gasteiger partial charge in [-0.15, -0.1) is 11.3 Å². The molecule has 7 heteroatoms. The summed E-state index contributed by atoms with van der Waals surface area (Å²) in [5.74, 6) is -0.0271. The van der Waals surface area contributed by atoms with Gasteiger partial charge in [0.05, 0.1) is 4.88 Å². The van der Waals surface area contributed by atoms with Gasteiger partial charge in [-0.3, -0.25) is 4.79 Å². The number of halogens is 1. The summed E-state index contributed by atoms with van der Waals surface area (Å²) in [6.45, 7) is 1.72. The molecular weight excluding hydrogens is 354 g/mol. The number of nitrogens with zero attached hydrogens (tertiary/aromatic N) is 1. The van der Waals surface area contributed by atoms with Crippen LogP contribution in [0.1, 0.15) is 10.4 Å². The SMILES string of the molecule is Cc1cc(Br)ccc1NC(=O)CO/N=C(/N)c1cccs1. The van der Waals surface area contributed by atoms with Crippen molar-refractivity contribution in [1.29, 1.82) is 0 Å². The highest BCUT2D eigenvalue weighted by Gasteiger charge is 2.06. The quantitative estimate of drug-likeness (QED) is 0.484. The van der Waals surface area contributed by atoms with Crippen molar-refractivity contribution in [1.82, 2.24) is 0 Å². The lowest BCUT2D eigenvalue weighted by molar-refractivity contribution is -0.120. The van der Waals surface area contributed by atoms with Crippen LogP contribution in [0.5, 0.6) is 0 Å². The molecule has 5 nitrogen and oxygen atoms in total. The number of amidine groups is 1. The number of nitrogens with two attached hydrogens (primary N) is 1. The lowest BCUT2D eigenvalue weighted by Crippen LogP contribution is -2.19. The van der Waals surface area contributed by atoms with E-state index >= 15 is 0 Å². The smallest absolute Gasteiger partial charge is 0.265 e. The lowest BCUT2D eigenvalue weighted by Gasteiger charge is -2.08. The number of rotatable bonds is 5. The summed E-state index contributed by atoms with van der Waals surface area (Å²) < 4.78 is 0.961. The highest BCUT2D eigenvalue weighted by Crippen LogP contribution is 2.19. The van der Waals surface area contributed by atoms with Crippen LogP contribution in [-0.4, -0.2) is 18.3 Å². The molecule has 2 aromatic rings. The van der Waals surface area contributed by atoms with Crippen LogP contribution < -0.4 is 11.1 Å². The van der Waals surface area contributed by atoms with E-state index in [9.17, 15) is 4.79 Å². The average Bonchev–Trinajstić information content (AvgIpc) is 2.96. The molecule has 110 valence electrons. The second-order valence-corrected chi connectivity index (χ2v) is 6.10. The molecular formula is C14H14BrN3O2S. The van der Waals surface area contributed by atoms with Gasteiger partial charge in [-0.05, 0) is 42.1 Å². The highest BCUT2D eigenvalue weighted by atomic mass is 79.9. The van der Waals surface area contributed by atoms with E-state index in [0.29, 0.717) is 0 Å². The number of amides is 1. The van der Waals surface area contributed by atoms with Gasteiger partial charge in [0.25, 0.3) is 5.91 Å². The summed E-state index contributed by atoms with van der Waals surface area (Å²) >= 11 is 4.83. The Labute approximate surface area is 134 Å². The van der Waals surface area contributed by atoms with Gasteiger partial charge in [-0.1, -0.05) is 27.2 Å². The van der Waals surface area contributed by atoms with Crippen molar-refractivity contribution in [2.45, 2.75) is 6.92 Å². The van der Waals surface area contributed by atoms with E-state index < -0.39 is 0 Å². The molecule has 0 fully saturated rings. The number of anilines is 1. The minimum Gasteiger partial charge on any atom is -0.384 e. The fraction of sp³-hybridized carbons (Fsp3) is 0.143. The van der Waals surface area contributed by atoms with Crippen molar-refractivity contribution in [3.63, 3.8) is 0 Å². The molecule has 0 aliphatic rings. The normalized spacial score (nSPS) is 11.2. The standard InChI is InChI=1S/C14H14BrN3O2S/c1-9-7-10(15)4-5-11(9)17-13(19)8-20-18-14(16)12-3-2-6-21-12/h2-7H,8H2,1H3,(H2,16,18)(H,17,19). The van der Waals surface area contributed by atoms with Crippen LogP contribution in [0.4, 0.5) is 5.69 Å². The third kappa shape index (κ3) is 4.57. The first-order chi connectivity index (χ1) is 10.1. The van der Waals surface area contributed by atoms with Gasteiger partial charge in [0, 0.05) is 10.2 Å². The monoisotopic (exact) mass is 367 g/mol. The Morgan fingerprint density at radius 3 is 2.95 bits per heavy atom. The molecule has 3 N–H and O–H groups in total. The van der Waals surface area contributed by atoms with Crippen molar-refractivity contribution >= 4 is 44.7 Å². The fourth-order valence-corrected chi connectivity index (χ4v) is 2.68. The van der Waals surface area contributed by atoms with Gasteiger partial charge in [0.1, 0.15) is 0 Å². The van der Waals surface area contributed by atoms with Crippen LogP contribution >= 0.6 is 27.3 Å². The van der Waals surface area contributed by atoms with E-state index in [2.05, 4.69) is 26.4 Å². The molecule has 1 heterocycles. The summed E-state index contributed by atoms with van der Waals surface area (Å²) in [5.41, 5.74) is 7.41. The number of carbonyl (C=O) groups is 1. The Morgan fingerprint density at radius 1 is 1.48 bits per heavy atom. The van der Waals surface area contributed by atoms with Gasteiger partial charge >= 0.3 is 0 Å². The first-order valence-corrected chi connectivity index (χ1v) is 7.79. The third-order valence-corrected chi connectivity index (χ3v) is 3.98. The number of benzene rings is 1. The zero-order chi connectivity index (χ0) is 15.2. The van der Waals surface area contributed by atoms with Crippen LogP contribution in [0.15, 0.2) is 45.3 Å². The molecule has 0 bridgehead atoms. The van der Waals surface area contributed by atoms with Crippen molar-refractivity contribution in [2.75, 3.05) is 11.9 Å². The molecule has 0 aliphatic carbocycles. The first kappa shape index (κ1) is 15.5. The molecule has 1 aromatic carbocycles. The number of thiophene rings is 1. The summed E-state index contributed by atoms with van der Waals surface area (Å²) in [4.78, 5) is 17.5. The van der Waals surface area contributed by atoms with Crippen LogP contribution in [0.3, 0.4) is 0 Å². The van der Waals surface area contributed by atoms with Gasteiger partial charge in [-0.25, -0.2) is 0 Å². The molecule has 0 unspecified atom stereocenters. The fourth-order valence-electron chi connectivity index (χ4n) is 1.58. The van der Waals surface area contributed by atoms with E-state index in [1.807, 2.05) is 42.6 Å². The number of oxime groups is 1. The molecule has 0 atom stereocenters. The summed E-state index contributed by atoms with van der Waals surface area (Å²) in [6, 6.07) is 9.30. The number of aryl methyl sites for hydroxylation is 1. The third-order valence-electron chi connectivity index (χ3n) is 2.59. The molecule has 21 heavy (non-hydrogen) atoms. The van der Waals surface area contributed by atoms with Gasteiger partial charge in [0.2, 0.25) is 0 Å². The zero-order valence-corrected chi connectivity index (χ0v) is 13.7. The van der Waals surface area contributed by atoms with E-state index in [4.69, 9.17) is 10.6 Å². The maximum absolute atomic E-state index is 11.8. The minimum absolute atomic E-state index is 0.193. The second-order valence-electron chi connectivity index (χ2n) is 4.23. The molecule has 0 aliphatic heterocycles. The zero-order valence-electron chi connectivity index (χ0n) is 11.3. The Hall–Kier alpha value is -1.86. The predicted octanol–water partition coefficient (Wildman–Crippen LogP) is 3.09. The van der Waals surface area contributed by atoms with E-state index in [1.165, 1.54) is 11.3 Å². The van der Waals surface area contributed by atoms with Crippen LogP contribution in [-0.2, 0) is 9.63 Å². The van der Waals surface area contributed by atoms with Gasteiger partial charge in [0.15, 0.2) is 12.4 Å². The Kier molecular flexibility index (Phi) is 5.35. The average molecular weight is 368 g/mol. The molecule has 1 aromatic heterocycles. The minimum atomic E-state index is -0.289. The van der Waals surface area contributed by atoms with Crippen LogP contribution in [0.25, 0.3) is 0 Å². The van der Waals surface area contributed by atoms with Crippen molar-refractivity contribution in [3.05, 3.63) is 50.6 Å². The number of hydrogen-bond acceptors (Lipinski definition) is 4. The maximum Gasteiger partial charge on any atom is 0.265 e. The van der Waals surface area contributed by atoms with Crippen LogP contribution in [0, 0.1) is 6.92 Å². The Morgan fingerprint density at radius 2 is 2.29 bits per heavy atom. The molecule has 2 rings (SSSR count). The van der Waals surface area contributed by atoms with Crippen LogP contribution in [0.2, 0.25) is 0 Å². The van der Waals surface area contributed by atoms with E-state index in [0.717, 1.165) is 20.6 Å². The predicted molar refractivity (Wildman–Crippen MR) is 88.5 cm³/mol. The first-order valence-electron chi connectivity index (χ1n) is 6.11. The van der Waals surface area contributed by atoms with Crippen molar-refractivity contribution < 1.29 is 9.63 Å². The molecule has 1 amide bonds. The molecule has 0 radical (unpaired) electrons. The number of hydrogen-bond donors (Lipinski definition) is 2. The van der Waals surface area contributed by atoms with Crippen molar-refractivity contribution in [2.24, 2.45) is 10.9 Å². The highest BCUT2D eigenvalue weighted by molar-refractivity contribution is 9.10. The molecule has 0 saturated heterocycles. The van der Waals surface area contributed by atoms with Gasteiger partial charge in [-0.2, -0.15) is 0 Å².